The third-order valence-electron chi connectivity index (χ3n) is 6.19. The normalized spacial score (nSPS) is 19.0. The third kappa shape index (κ3) is 4.09. The van der Waals surface area contributed by atoms with Crippen LogP contribution in [0, 0.1) is 0 Å². The Morgan fingerprint density at radius 3 is 2.21 bits per heavy atom. The molecule has 154 valence electrons. The number of para-hydroxylation sites is 2. The first-order valence-electron chi connectivity index (χ1n) is 10.3. The molecule has 0 bridgehead atoms. The topological polar surface area (TPSA) is 67.4 Å². The van der Waals surface area contributed by atoms with Crippen LogP contribution in [-0.2, 0) is 17.6 Å². The molecule has 2 aromatic rings. The van der Waals surface area contributed by atoms with Crippen LogP contribution in [0.2, 0.25) is 0 Å². The molecular formula is C23H29N3O2S. The molecule has 1 atom stereocenters. The molecule has 2 aliphatic rings. The second kappa shape index (κ2) is 8.28. The second-order valence-electron chi connectivity index (χ2n) is 8.16. The molecule has 2 N–H and O–H groups in total. The van der Waals surface area contributed by atoms with Crippen molar-refractivity contribution in [3.63, 3.8) is 0 Å². The van der Waals surface area contributed by atoms with Crippen molar-refractivity contribution in [2.45, 2.75) is 49.6 Å². The molecule has 2 aromatic carbocycles. The number of amides is 1. The Bertz CT molecular complexity index is 838. The summed E-state index contributed by atoms with van der Waals surface area (Å²) < 4.78 is 12.6. The van der Waals surface area contributed by atoms with E-state index < -0.39 is 16.2 Å². The van der Waals surface area contributed by atoms with Crippen molar-refractivity contribution in [2.75, 3.05) is 23.9 Å². The number of hydrogen-bond donors (Lipinski definition) is 2. The lowest BCUT2D eigenvalue weighted by atomic mass is 9.94. The maximum Gasteiger partial charge on any atom is 0.276 e. The Hall–Kier alpha value is -2.18. The van der Waals surface area contributed by atoms with Crippen LogP contribution in [0.5, 0.6) is 0 Å². The highest BCUT2D eigenvalue weighted by molar-refractivity contribution is 7.92. The highest BCUT2D eigenvalue weighted by atomic mass is 32.2. The van der Waals surface area contributed by atoms with E-state index in [2.05, 4.69) is 10.6 Å². The van der Waals surface area contributed by atoms with Crippen LogP contribution in [0.4, 0.5) is 11.4 Å². The Morgan fingerprint density at radius 1 is 1.07 bits per heavy atom. The number of benzene rings is 2. The lowest BCUT2D eigenvalue weighted by Crippen LogP contribution is -2.51. The number of nitrogens with one attached hydrogen (secondary N) is 2. The molecule has 6 heteroatoms. The van der Waals surface area contributed by atoms with E-state index in [-0.39, 0.29) is 5.91 Å². The molecule has 0 spiro atoms. The Balaban J connectivity index is 1.47. The Morgan fingerprint density at radius 2 is 1.66 bits per heavy atom. The SMILES string of the molecule is CN(C(=O)c1ccc(CC2([S+](C)[O-])Nc3ccccc3N2)cc1)C1CCCCC1. The van der Waals surface area contributed by atoms with E-state index in [0.29, 0.717) is 18.0 Å². The molecule has 1 amide bonds. The fraction of sp³-hybridized carbons (Fsp3) is 0.435. The van der Waals surface area contributed by atoms with E-state index >= 15 is 0 Å². The first kappa shape index (κ1) is 20.1. The van der Waals surface area contributed by atoms with Gasteiger partial charge in [0.25, 0.3) is 10.9 Å². The van der Waals surface area contributed by atoms with Gasteiger partial charge in [0.05, 0.1) is 24.1 Å². The van der Waals surface area contributed by atoms with Crippen LogP contribution < -0.4 is 10.6 Å². The minimum absolute atomic E-state index is 0.0850. The number of carbonyl (C=O) groups excluding carboxylic acids is 1. The zero-order valence-corrected chi connectivity index (χ0v) is 17.9. The highest BCUT2D eigenvalue weighted by Crippen LogP contribution is 2.38. The molecule has 0 saturated heterocycles. The van der Waals surface area contributed by atoms with Crippen molar-refractivity contribution in [1.29, 1.82) is 0 Å². The molecule has 1 saturated carbocycles. The van der Waals surface area contributed by atoms with Gasteiger partial charge in [0.1, 0.15) is 0 Å². The van der Waals surface area contributed by atoms with Gasteiger partial charge in [0.2, 0.25) is 0 Å². The molecule has 0 radical (unpaired) electrons. The largest absolute Gasteiger partial charge is 0.613 e. The molecule has 5 nitrogen and oxygen atoms in total. The molecule has 1 unspecified atom stereocenters. The van der Waals surface area contributed by atoms with E-state index in [1.165, 1.54) is 19.3 Å². The third-order valence-corrected chi connectivity index (χ3v) is 7.52. The quantitative estimate of drug-likeness (QED) is 0.724. The minimum atomic E-state index is -1.15. The Labute approximate surface area is 176 Å². The van der Waals surface area contributed by atoms with Gasteiger partial charge in [-0.1, -0.05) is 43.5 Å². The number of carbonyl (C=O) groups is 1. The van der Waals surface area contributed by atoms with Crippen molar-refractivity contribution < 1.29 is 9.35 Å². The van der Waals surface area contributed by atoms with Gasteiger partial charge < -0.3 is 20.1 Å². The second-order valence-corrected chi connectivity index (χ2v) is 9.76. The van der Waals surface area contributed by atoms with E-state index in [1.807, 2.05) is 60.5 Å². The first-order chi connectivity index (χ1) is 14.0. The van der Waals surface area contributed by atoms with Gasteiger partial charge >= 0.3 is 0 Å². The van der Waals surface area contributed by atoms with Crippen LogP contribution in [0.25, 0.3) is 0 Å². The first-order valence-corrected chi connectivity index (χ1v) is 11.9. The van der Waals surface area contributed by atoms with Gasteiger partial charge in [-0.15, -0.1) is 0 Å². The predicted octanol–water partition coefficient (Wildman–Crippen LogP) is 4.20. The average molecular weight is 412 g/mol. The summed E-state index contributed by atoms with van der Waals surface area (Å²) in [6.07, 6.45) is 8.16. The van der Waals surface area contributed by atoms with Crippen LogP contribution in [-0.4, -0.2) is 39.7 Å². The minimum Gasteiger partial charge on any atom is -0.613 e. The molecule has 4 rings (SSSR count). The predicted molar refractivity (Wildman–Crippen MR) is 120 cm³/mol. The molecule has 1 fully saturated rings. The summed E-state index contributed by atoms with van der Waals surface area (Å²) in [5.41, 5.74) is 3.67. The molecule has 0 aromatic heterocycles. The van der Waals surface area contributed by atoms with E-state index in [1.54, 1.807) is 6.26 Å². The summed E-state index contributed by atoms with van der Waals surface area (Å²) in [6.45, 7) is 0. The summed E-state index contributed by atoms with van der Waals surface area (Å²) in [5.74, 6) is 0.0850. The Kier molecular flexibility index (Phi) is 5.74. The number of rotatable bonds is 5. The zero-order chi connectivity index (χ0) is 20.4. The number of nitrogens with zero attached hydrogens (tertiary/aromatic N) is 1. The fourth-order valence-corrected chi connectivity index (χ4v) is 5.27. The summed E-state index contributed by atoms with van der Waals surface area (Å²) in [5, 5.41) is 6.82. The van der Waals surface area contributed by atoms with Gasteiger partial charge in [-0.25, -0.2) is 0 Å². The van der Waals surface area contributed by atoms with Crippen LogP contribution in [0.3, 0.4) is 0 Å². The molecular weight excluding hydrogens is 382 g/mol. The summed E-state index contributed by atoms with van der Waals surface area (Å²) in [7, 11) is 1.92. The monoisotopic (exact) mass is 411 g/mol. The summed E-state index contributed by atoms with van der Waals surface area (Å²) in [6, 6.07) is 16.0. The van der Waals surface area contributed by atoms with Gasteiger partial charge in [0.15, 0.2) is 0 Å². The van der Waals surface area contributed by atoms with Crippen molar-refractivity contribution >= 4 is 28.5 Å². The van der Waals surface area contributed by atoms with Crippen molar-refractivity contribution in [1.82, 2.24) is 4.90 Å². The lowest BCUT2D eigenvalue weighted by molar-refractivity contribution is 0.0696. The highest BCUT2D eigenvalue weighted by Gasteiger charge is 2.45. The van der Waals surface area contributed by atoms with Gasteiger partial charge in [-0.3, -0.25) is 4.79 Å². The zero-order valence-electron chi connectivity index (χ0n) is 17.1. The van der Waals surface area contributed by atoms with Gasteiger partial charge in [-0.05, 0) is 53.8 Å². The van der Waals surface area contributed by atoms with E-state index in [4.69, 9.17) is 0 Å². The molecule has 1 heterocycles. The average Bonchev–Trinajstić information content (AvgIpc) is 3.13. The maximum absolute atomic E-state index is 12.9. The van der Waals surface area contributed by atoms with E-state index in [0.717, 1.165) is 29.8 Å². The van der Waals surface area contributed by atoms with Crippen molar-refractivity contribution in [3.05, 3.63) is 59.7 Å². The van der Waals surface area contributed by atoms with Crippen LogP contribution >= 0.6 is 0 Å². The lowest BCUT2D eigenvalue weighted by Gasteiger charge is -2.32. The van der Waals surface area contributed by atoms with Crippen molar-refractivity contribution in [3.8, 4) is 0 Å². The number of fused-ring (bicyclic) bond motifs is 1. The maximum atomic E-state index is 12.9. The van der Waals surface area contributed by atoms with E-state index in [9.17, 15) is 9.35 Å². The molecule has 1 aliphatic heterocycles. The number of anilines is 2. The van der Waals surface area contributed by atoms with Crippen LogP contribution in [0.1, 0.15) is 48.0 Å². The standard InChI is InChI=1S/C23H29N3O2S/c1-26(19-8-4-3-5-9-19)22(27)18-14-12-17(13-15-18)16-23(29(2)28)24-20-10-6-7-11-21(20)25-23/h6-7,10-15,19,24-25H,3-5,8-9,16H2,1-2H3. The van der Waals surface area contributed by atoms with Crippen LogP contribution in [0.15, 0.2) is 48.5 Å². The van der Waals surface area contributed by atoms with Crippen molar-refractivity contribution in [2.24, 2.45) is 0 Å². The number of hydrogen-bond acceptors (Lipinski definition) is 4. The summed E-state index contributed by atoms with van der Waals surface area (Å²) >= 11 is -1.15. The molecule has 1 aliphatic carbocycles. The summed E-state index contributed by atoms with van der Waals surface area (Å²) in [4.78, 5) is 14.0. The molecule has 29 heavy (non-hydrogen) atoms. The smallest absolute Gasteiger partial charge is 0.276 e. The van der Waals surface area contributed by atoms with Gasteiger partial charge in [0, 0.05) is 18.7 Å². The fourth-order valence-electron chi connectivity index (χ4n) is 4.39. The van der Waals surface area contributed by atoms with Gasteiger partial charge in [-0.2, -0.15) is 0 Å².